The van der Waals surface area contributed by atoms with Gasteiger partial charge < -0.3 is 15.4 Å². The fourth-order valence-corrected chi connectivity index (χ4v) is 7.00. The number of carbonyl (C=O) groups excluding carboxylic acids is 1. The molecule has 2 aliphatic rings. The summed E-state index contributed by atoms with van der Waals surface area (Å²) in [6.45, 7) is 2.40. The molecular formula is C20H21N3O4S2. The topological polar surface area (TPSA) is 96.9 Å². The number of thioether (sulfide) groups is 1. The van der Waals surface area contributed by atoms with Crippen LogP contribution in [0.25, 0.3) is 0 Å². The first-order chi connectivity index (χ1) is 13.9. The number of para-hydroxylation sites is 2. The molecule has 1 amide bonds. The van der Waals surface area contributed by atoms with E-state index in [1.807, 2.05) is 31.2 Å². The van der Waals surface area contributed by atoms with Crippen LogP contribution < -0.4 is 15.4 Å². The third-order valence-electron chi connectivity index (χ3n) is 4.63. The first-order valence-electron chi connectivity index (χ1n) is 9.28. The molecule has 2 N–H and O–H groups in total. The predicted molar refractivity (Wildman–Crippen MR) is 117 cm³/mol. The average molecular weight is 432 g/mol. The van der Waals surface area contributed by atoms with E-state index in [1.165, 1.54) is 11.8 Å². The molecule has 0 aromatic heterocycles. The summed E-state index contributed by atoms with van der Waals surface area (Å²) in [6.07, 6.45) is 0. The highest BCUT2D eigenvalue weighted by atomic mass is 32.2. The summed E-state index contributed by atoms with van der Waals surface area (Å²) in [5.74, 6) is 0.650. The molecule has 152 valence electrons. The molecule has 9 heteroatoms. The van der Waals surface area contributed by atoms with Crippen LogP contribution in [0.4, 0.5) is 11.4 Å². The maximum Gasteiger partial charge on any atom is 0.255 e. The fraction of sp³-hybridized carbons (Fsp3) is 0.300. The van der Waals surface area contributed by atoms with Gasteiger partial charge in [-0.3, -0.25) is 9.79 Å². The average Bonchev–Trinajstić information content (AvgIpc) is 3.16. The van der Waals surface area contributed by atoms with Crippen molar-refractivity contribution in [3.8, 4) is 5.75 Å². The van der Waals surface area contributed by atoms with E-state index >= 15 is 0 Å². The highest BCUT2D eigenvalue weighted by Crippen LogP contribution is 2.34. The molecule has 2 aliphatic heterocycles. The van der Waals surface area contributed by atoms with Gasteiger partial charge in [0, 0.05) is 16.5 Å². The third kappa shape index (κ3) is 4.56. The zero-order valence-corrected chi connectivity index (χ0v) is 17.4. The lowest BCUT2D eigenvalue weighted by Gasteiger charge is -2.12. The summed E-state index contributed by atoms with van der Waals surface area (Å²) in [7, 11) is -2.98. The number of anilines is 2. The monoisotopic (exact) mass is 431 g/mol. The SMILES string of the molecule is CCOc1ccccc1NC(=O)c1cccc(NC2=N[C@H]3CS(=O)(=O)C[C@@H]3S2)c1. The molecule has 0 aliphatic carbocycles. The fourth-order valence-electron chi connectivity index (χ4n) is 3.32. The minimum Gasteiger partial charge on any atom is -0.492 e. The van der Waals surface area contributed by atoms with Crippen LogP contribution in [0.2, 0.25) is 0 Å². The molecule has 2 aromatic rings. The molecule has 7 nitrogen and oxygen atoms in total. The Kier molecular flexibility index (Phi) is 5.51. The van der Waals surface area contributed by atoms with Crippen LogP contribution in [0.1, 0.15) is 17.3 Å². The van der Waals surface area contributed by atoms with Gasteiger partial charge in [-0.2, -0.15) is 0 Å². The van der Waals surface area contributed by atoms with Crippen molar-refractivity contribution in [3.05, 3.63) is 54.1 Å². The third-order valence-corrected chi connectivity index (χ3v) is 7.77. The second-order valence-corrected chi connectivity index (χ2v) is 10.2. The number of nitrogens with zero attached hydrogens (tertiary/aromatic N) is 1. The van der Waals surface area contributed by atoms with Crippen molar-refractivity contribution in [2.24, 2.45) is 4.99 Å². The number of carbonyl (C=O) groups is 1. The first kappa shape index (κ1) is 19.8. The van der Waals surface area contributed by atoms with Crippen molar-refractivity contribution in [3.63, 3.8) is 0 Å². The quantitative estimate of drug-likeness (QED) is 0.755. The summed E-state index contributed by atoms with van der Waals surface area (Å²) in [5, 5.41) is 6.75. The van der Waals surface area contributed by atoms with Crippen LogP contribution in [0, 0.1) is 0 Å². The lowest BCUT2D eigenvalue weighted by atomic mass is 10.2. The van der Waals surface area contributed by atoms with Crippen molar-refractivity contribution in [2.75, 3.05) is 28.7 Å². The number of amidine groups is 1. The Labute approximate surface area is 173 Å². The maximum atomic E-state index is 12.7. The highest BCUT2D eigenvalue weighted by Gasteiger charge is 2.42. The number of ether oxygens (including phenoxy) is 1. The van der Waals surface area contributed by atoms with Gasteiger partial charge in [-0.25, -0.2) is 8.42 Å². The van der Waals surface area contributed by atoms with Crippen molar-refractivity contribution >= 4 is 44.0 Å². The predicted octanol–water partition coefficient (Wildman–Crippen LogP) is 3.02. The van der Waals surface area contributed by atoms with E-state index < -0.39 is 9.84 Å². The molecule has 1 fully saturated rings. The molecule has 0 radical (unpaired) electrons. The molecule has 2 atom stereocenters. The molecule has 0 unspecified atom stereocenters. The van der Waals surface area contributed by atoms with Crippen molar-refractivity contribution in [2.45, 2.75) is 18.2 Å². The molecule has 29 heavy (non-hydrogen) atoms. The van der Waals surface area contributed by atoms with Gasteiger partial charge in [0.1, 0.15) is 5.75 Å². The van der Waals surface area contributed by atoms with E-state index in [0.717, 1.165) is 5.69 Å². The van der Waals surface area contributed by atoms with Gasteiger partial charge in [0.2, 0.25) is 0 Å². The van der Waals surface area contributed by atoms with Crippen LogP contribution in [0.5, 0.6) is 5.75 Å². The lowest BCUT2D eigenvalue weighted by molar-refractivity contribution is 0.102. The molecule has 2 aromatic carbocycles. The Hall–Kier alpha value is -2.52. The second kappa shape index (κ2) is 8.08. The summed E-state index contributed by atoms with van der Waals surface area (Å²) in [6, 6.07) is 14.2. The van der Waals surface area contributed by atoms with Gasteiger partial charge in [-0.05, 0) is 37.3 Å². The van der Waals surface area contributed by atoms with Crippen molar-refractivity contribution in [1.82, 2.24) is 0 Å². The van der Waals surface area contributed by atoms with E-state index in [4.69, 9.17) is 4.74 Å². The molecule has 0 spiro atoms. The van der Waals surface area contributed by atoms with Crippen molar-refractivity contribution < 1.29 is 17.9 Å². The Morgan fingerprint density at radius 2 is 2.03 bits per heavy atom. The smallest absolute Gasteiger partial charge is 0.255 e. The summed E-state index contributed by atoms with van der Waals surface area (Å²) >= 11 is 1.45. The molecule has 4 rings (SSSR count). The Balaban J connectivity index is 1.45. The lowest BCUT2D eigenvalue weighted by Crippen LogP contribution is -2.14. The number of hydrogen-bond donors (Lipinski definition) is 2. The standard InChI is InChI=1S/C20H21N3O4S2/c1-2-27-17-9-4-3-8-15(17)22-19(24)13-6-5-7-14(10-13)21-20-23-16-11-29(25,26)12-18(16)28-20/h3-10,16,18H,2,11-12H2,1H3,(H,21,23)(H,22,24)/t16-,18-/m0/s1. The van der Waals surface area contributed by atoms with Gasteiger partial charge in [0.15, 0.2) is 15.0 Å². The second-order valence-electron chi connectivity index (χ2n) is 6.82. The van der Waals surface area contributed by atoms with Gasteiger partial charge in [0.25, 0.3) is 5.91 Å². The number of rotatable bonds is 5. The Morgan fingerprint density at radius 3 is 2.83 bits per heavy atom. The number of aliphatic imine (C=N–C) groups is 1. The first-order valence-corrected chi connectivity index (χ1v) is 12.0. The number of fused-ring (bicyclic) bond motifs is 1. The highest BCUT2D eigenvalue weighted by molar-refractivity contribution is 8.15. The number of hydrogen-bond acceptors (Lipinski definition) is 7. The summed E-state index contributed by atoms with van der Waals surface area (Å²) < 4.78 is 28.9. The van der Waals surface area contributed by atoms with E-state index in [9.17, 15) is 13.2 Å². The van der Waals surface area contributed by atoms with Gasteiger partial charge in [-0.15, -0.1) is 0 Å². The van der Waals surface area contributed by atoms with E-state index in [-0.39, 0.29) is 28.7 Å². The number of benzene rings is 2. The zero-order chi connectivity index (χ0) is 20.4. The minimum atomic E-state index is -2.98. The maximum absolute atomic E-state index is 12.7. The summed E-state index contributed by atoms with van der Waals surface area (Å²) in [5.41, 5.74) is 1.83. The molecule has 0 saturated carbocycles. The number of nitrogens with one attached hydrogen (secondary N) is 2. The van der Waals surface area contributed by atoms with Gasteiger partial charge >= 0.3 is 0 Å². The number of amides is 1. The van der Waals surface area contributed by atoms with Crippen LogP contribution in [-0.4, -0.2) is 48.9 Å². The van der Waals surface area contributed by atoms with Gasteiger partial charge in [-0.1, -0.05) is 30.0 Å². The van der Waals surface area contributed by atoms with E-state index in [0.29, 0.717) is 28.8 Å². The van der Waals surface area contributed by atoms with Crippen LogP contribution in [0.15, 0.2) is 53.5 Å². The van der Waals surface area contributed by atoms with E-state index in [1.54, 1.807) is 24.3 Å². The normalized spacial score (nSPS) is 21.9. The zero-order valence-electron chi connectivity index (χ0n) is 15.8. The molecule has 0 bridgehead atoms. The molecule has 1 saturated heterocycles. The van der Waals surface area contributed by atoms with Crippen LogP contribution in [-0.2, 0) is 9.84 Å². The Morgan fingerprint density at radius 1 is 1.21 bits per heavy atom. The van der Waals surface area contributed by atoms with Crippen molar-refractivity contribution in [1.29, 1.82) is 0 Å². The van der Waals surface area contributed by atoms with Gasteiger partial charge in [0.05, 0.1) is 29.8 Å². The van der Waals surface area contributed by atoms with Crippen LogP contribution >= 0.6 is 11.8 Å². The van der Waals surface area contributed by atoms with E-state index in [2.05, 4.69) is 15.6 Å². The number of sulfone groups is 1. The minimum absolute atomic E-state index is 0.0240. The molecular weight excluding hydrogens is 410 g/mol. The largest absolute Gasteiger partial charge is 0.492 e. The summed E-state index contributed by atoms with van der Waals surface area (Å²) in [4.78, 5) is 17.2. The van der Waals surface area contributed by atoms with Crippen LogP contribution in [0.3, 0.4) is 0 Å². The Bertz CT molecular complexity index is 1070. The molecule has 2 heterocycles.